The maximum Gasteiger partial charge on any atom is 0.139 e. The Bertz CT molecular complexity index is 756. The molecule has 4 rings (SSSR count). The Morgan fingerprint density at radius 3 is 3.30 bits per heavy atom. The van der Waals surface area contributed by atoms with Crippen LogP contribution in [-0.2, 0) is 13.0 Å². The number of anilines is 1. The van der Waals surface area contributed by atoms with Gasteiger partial charge >= 0.3 is 0 Å². The Labute approximate surface area is 117 Å². The Balaban J connectivity index is 1.72. The van der Waals surface area contributed by atoms with Crippen molar-refractivity contribution in [2.45, 2.75) is 26.3 Å². The second-order valence-electron chi connectivity index (χ2n) is 5.45. The minimum absolute atomic E-state index is 0.872. The van der Waals surface area contributed by atoms with Crippen molar-refractivity contribution in [3.63, 3.8) is 0 Å². The summed E-state index contributed by atoms with van der Waals surface area (Å²) in [4.78, 5) is 2.38. The topological polar surface area (TPSA) is 45.1 Å². The summed E-state index contributed by atoms with van der Waals surface area (Å²) in [6.07, 6.45) is 4.19. The lowest BCUT2D eigenvalue weighted by Gasteiger charge is -2.28. The highest BCUT2D eigenvalue weighted by Crippen LogP contribution is 2.29. The van der Waals surface area contributed by atoms with E-state index < -0.39 is 0 Å². The van der Waals surface area contributed by atoms with E-state index in [0.29, 0.717) is 0 Å². The fourth-order valence-corrected chi connectivity index (χ4v) is 3.08. The molecule has 0 saturated carbocycles. The summed E-state index contributed by atoms with van der Waals surface area (Å²) >= 11 is 0. The number of benzene rings is 1. The molecule has 0 spiro atoms. The van der Waals surface area contributed by atoms with Crippen molar-refractivity contribution < 1.29 is 4.42 Å². The van der Waals surface area contributed by atoms with Gasteiger partial charge in [0.25, 0.3) is 0 Å². The maximum atomic E-state index is 5.86. The second-order valence-corrected chi connectivity index (χ2v) is 5.45. The maximum absolute atomic E-state index is 5.86. The van der Waals surface area contributed by atoms with E-state index in [4.69, 9.17) is 4.42 Å². The lowest BCUT2D eigenvalue weighted by molar-refractivity contribution is 0.572. The molecule has 2 aromatic heterocycles. The van der Waals surface area contributed by atoms with Crippen molar-refractivity contribution in [3.05, 3.63) is 47.5 Å². The molecule has 0 bridgehead atoms. The minimum Gasteiger partial charge on any atom is -0.461 e. The molecule has 0 saturated heterocycles. The summed E-state index contributed by atoms with van der Waals surface area (Å²) in [6, 6.07) is 8.46. The Morgan fingerprint density at radius 1 is 1.40 bits per heavy atom. The number of nitrogens with one attached hydrogen (secondary N) is 1. The number of aromatic nitrogens is 2. The number of aromatic amines is 1. The van der Waals surface area contributed by atoms with E-state index in [-0.39, 0.29) is 0 Å². The van der Waals surface area contributed by atoms with Gasteiger partial charge in [-0.25, -0.2) is 0 Å². The van der Waals surface area contributed by atoms with Crippen LogP contribution in [0, 0.1) is 6.92 Å². The molecule has 1 aromatic carbocycles. The predicted molar refractivity (Wildman–Crippen MR) is 78.9 cm³/mol. The number of hydrogen-bond acceptors (Lipinski definition) is 3. The Morgan fingerprint density at radius 2 is 2.35 bits per heavy atom. The monoisotopic (exact) mass is 267 g/mol. The molecule has 0 radical (unpaired) electrons. The quantitative estimate of drug-likeness (QED) is 0.773. The Hall–Kier alpha value is -2.23. The van der Waals surface area contributed by atoms with Gasteiger partial charge in [0, 0.05) is 24.0 Å². The lowest BCUT2D eigenvalue weighted by Crippen LogP contribution is -2.28. The first kappa shape index (κ1) is 11.6. The van der Waals surface area contributed by atoms with Gasteiger partial charge in [-0.1, -0.05) is 18.2 Å². The van der Waals surface area contributed by atoms with Crippen LogP contribution in [-0.4, -0.2) is 16.7 Å². The number of aryl methyl sites for hydroxylation is 2. The van der Waals surface area contributed by atoms with E-state index in [1.165, 1.54) is 28.8 Å². The highest BCUT2D eigenvalue weighted by molar-refractivity contribution is 5.81. The summed E-state index contributed by atoms with van der Waals surface area (Å²) in [6.45, 7) is 3.94. The fourth-order valence-electron chi connectivity index (χ4n) is 3.08. The van der Waals surface area contributed by atoms with Gasteiger partial charge in [-0.3, -0.25) is 5.10 Å². The van der Waals surface area contributed by atoms with E-state index in [1.807, 2.05) is 13.1 Å². The van der Waals surface area contributed by atoms with Crippen LogP contribution in [0.5, 0.6) is 0 Å². The van der Waals surface area contributed by atoms with Crippen LogP contribution in [0.3, 0.4) is 0 Å². The molecule has 102 valence electrons. The van der Waals surface area contributed by atoms with Crippen LogP contribution in [0.1, 0.15) is 23.4 Å². The molecule has 1 aliphatic heterocycles. The average molecular weight is 267 g/mol. The van der Waals surface area contributed by atoms with Crippen molar-refractivity contribution in [1.29, 1.82) is 0 Å². The first-order valence-corrected chi connectivity index (χ1v) is 7.06. The molecule has 3 heterocycles. The molecule has 3 aromatic rings. The zero-order valence-electron chi connectivity index (χ0n) is 11.5. The molecule has 4 heteroatoms. The molecule has 1 N–H and O–H groups in total. The minimum atomic E-state index is 0.872. The van der Waals surface area contributed by atoms with Gasteiger partial charge in [0.05, 0.1) is 17.6 Å². The highest BCUT2D eigenvalue weighted by Gasteiger charge is 2.19. The summed E-state index contributed by atoms with van der Waals surface area (Å²) in [5.74, 6) is 0.968. The third kappa shape index (κ3) is 1.80. The SMILES string of the molecule is Cc1cc2cccc(CN3CCCc4[nH]ncc43)c2o1. The van der Waals surface area contributed by atoms with Gasteiger partial charge in [-0.15, -0.1) is 0 Å². The molecule has 20 heavy (non-hydrogen) atoms. The van der Waals surface area contributed by atoms with Crippen LogP contribution >= 0.6 is 0 Å². The molecule has 0 atom stereocenters. The summed E-state index contributed by atoms with van der Waals surface area (Å²) < 4.78 is 5.86. The van der Waals surface area contributed by atoms with E-state index in [0.717, 1.165) is 30.9 Å². The first-order valence-electron chi connectivity index (χ1n) is 7.06. The molecule has 0 amide bonds. The summed E-state index contributed by atoms with van der Waals surface area (Å²) in [5.41, 5.74) is 4.74. The summed E-state index contributed by atoms with van der Waals surface area (Å²) in [7, 11) is 0. The van der Waals surface area contributed by atoms with E-state index >= 15 is 0 Å². The molecule has 0 unspecified atom stereocenters. The van der Waals surface area contributed by atoms with Crippen LogP contribution in [0.15, 0.2) is 34.9 Å². The number of furan rings is 1. The first-order chi connectivity index (χ1) is 9.81. The van der Waals surface area contributed by atoms with E-state index in [2.05, 4.69) is 39.4 Å². The van der Waals surface area contributed by atoms with Crippen molar-refractivity contribution in [3.8, 4) is 0 Å². The van der Waals surface area contributed by atoms with Crippen LogP contribution in [0.25, 0.3) is 11.0 Å². The van der Waals surface area contributed by atoms with Gasteiger partial charge in [0.1, 0.15) is 11.3 Å². The smallest absolute Gasteiger partial charge is 0.139 e. The van der Waals surface area contributed by atoms with Crippen LogP contribution < -0.4 is 4.90 Å². The number of rotatable bonds is 2. The predicted octanol–water partition coefficient (Wildman–Crippen LogP) is 3.42. The standard InChI is InChI=1S/C16H17N3O/c1-11-8-12-4-2-5-13(16(12)20-11)10-19-7-3-6-14-15(19)9-17-18-14/h2,4-5,8-9H,3,6-7,10H2,1H3,(H,17,18). The summed E-state index contributed by atoms with van der Waals surface area (Å²) in [5, 5.41) is 8.46. The fraction of sp³-hybridized carbons (Fsp3) is 0.312. The zero-order chi connectivity index (χ0) is 13.5. The highest BCUT2D eigenvalue weighted by atomic mass is 16.3. The van der Waals surface area contributed by atoms with Crippen molar-refractivity contribution in [1.82, 2.24) is 10.2 Å². The molecule has 1 aliphatic rings. The van der Waals surface area contributed by atoms with E-state index in [1.54, 1.807) is 0 Å². The number of fused-ring (bicyclic) bond motifs is 2. The lowest BCUT2D eigenvalue weighted by atomic mass is 10.1. The third-order valence-corrected chi connectivity index (χ3v) is 4.00. The molecule has 0 fully saturated rings. The van der Waals surface area contributed by atoms with Crippen LogP contribution in [0.4, 0.5) is 5.69 Å². The van der Waals surface area contributed by atoms with Gasteiger partial charge < -0.3 is 9.32 Å². The third-order valence-electron chi connectivity index (χ3n) is 4.00. The number of para-hydroxylation sites is 1. The number of nitrogens with zero attached hydrogens (tertiary/aromatic N) is 2. The largest absolute Gasteiger partial charge is 0.461 e. The average Bonchev–Trinajstić information content (AvgIpc) is 3.05. The van der Waals surface area contributed by atoms with Crippen molar-refractivity contribution in [2.75, 3.05) is 11.4 Å². The van der Waals surface area contributed by atoms with Gasteiger partial charge in [-0.05, 0) is 25.8 Å². The molecular weight excluding hydrogens is 250 g/mol. The normalized spacial score (nSPS) is 14.8. The van der Waals surface area contributed by atoms with Crippen molar-refractivity contribution in [2.24, 2.45) is 0 Å². The number of H-pyrrole nitrogens is 1. The number of hydrogen-bond donors (Lipinski definition) is 1. The second kappa shape index (κ2) is 4.40. The van der Waals surface area contributed by atoms with Gasteiger partial charge in [0.15, 0.2) is 0 Å². The molecule has 0 aliphatic carbocycles. The molecular formula is C16H17N3O. The van der Waals surface area contributed by atoms with Crippen molar-refractivity contribution >= 4 is 16.7 Å². The van der Waals surface area contributed by atoms with Gasteiger partial charge in [0.2, 0.25) is 0 Å². The van der Waals surface area contributed by atoms with Gasteiger partial charge in [-0.2, -0.15) is 5.10 Å². The molecule has 4 nitrogen and oxygen atoms in total. The zero-order valence-corrected chi connectivity index (χ0v) is 11.5. The van der Waals surface area contributed by atoms with E-state index in [9.17, 15) is 0 Å². The Kier molecular flexibility index (Phi) is 2.55. The van der Waals surface area contributed by atoms with Crippen LogP contribution in [0.2, 0.25) is 0 Å².